The van der Waals surface area contributed by atoms with Crippen LogP contribution in [0.4, 0.5) is 10.1 Å². The predicted octanol–water partition coefficient (Wildman–Crippen LogP) is 3.06. The Morgan fingerprint density at radius 1 is 1.22 bits per heavy atom. The van der Waals surface area contributed by atoms with Crippen LogP contribution in [-0.2, 0) is 11.2 Å². The van der Waals surface area contributed by atoms with Crippen LogP contribution in [0.1, 0.15) is 5.56 Å². The molecule has 0 saturated carbocycles. The normalized spacial score (nSPS) is 10.1. The van der Waals surface area contributed by atoms with Crippen molar-refractivity contribution in [3.05, 3.63) is 59.1 Å². The second-order valence-corrected chi connectivity index (χ2v) is 4.16. The molecule has 0 radical (unpaired) electrons. The zero-order valence-corrected chi connectivity index (χ0v) is 10.1. The van der Waals surface area contributed by atoms with Crippen molar-refractivity contribution in [2.75, 3.05) is 5.32 Å². The highest BCUT2D eigenvalue weighted by atomic mass is 35.5. The number of hydrogen-bond acceptors (Lipinski definition) is 2. The van der Waals surface area contributed by atoms with Crippen molar-refractivity contribution in [1.82, 2.24) is 4.98 Å². The first kappa shape index (κ1) is 12.5. The Morgan fingerprint density at radius 2 is 1.94 bits per heavy atom. The van der Waals surface area contributed by atoms with Gasteiger partial charge in [0, 0.05) is 5.02 Å². The van der Waals surface area contributed by atoms with Gasteiger partial charge in [-0.15, -0.1) is 0 Å². The fourth-order valence-electron chi connectivity index (χ4n) is 1.44. The van der Waals surface area contributed by atoms with Crippen LogP contribution in [0.5, 0.6) is 0 Å². The van der Waals surface area contributed by atoms with Crippen molar-refractivity contribution >= 4 is 23.2 Å². The molecule has 1 amide bonds. The molecule has 1 heterocycles. The van der Waals surface area contributed by atoms with E-state index in [4.69, 9.17) is 11.6 Å². The SMILES string of the molecule is O=C(Cc1ccc(Cl)cc1)Nc1ccc(F)nc1. The molecular formula is C13H10ClFN2O. The number of halogens is 2. The Balaban J connectivity index is 1.96. The minimum absolute atomic E-state index is 0.189. The van der Waals surface area contributed by atoms with E-state index in [0.717, 1.165) is 5.56 Å². The van der Waals surface area contributed by atoms with E-state index in [2.05, 4.69) is 10.3 Å². The summed E-state index contributed by atoms with van der Waals surface area (Å²) in [6.07, 6.45) is 1.50. The number of nitrogens with one attached hydrogen (secondary N) is 1. The average molecular weight is 265 g/mol. The van der Waals surface area contributed by atoms with E-state index < -0.39 is 5.95 Å². The van der Waals surface area contributed by atoms with Gasteiger partial charge in [-0.05, 0) is 29.8 Å². The second-order valence-electron chi connectivity index (χ2n) is 3.72. The molecule has 0 aliphatic rings. The van der Waals surface area contributed by atoms with E-state index in [9.17, 15) is 9.18 Å². The fraction of sp³-hybridized carbons (Fsp3) is 0.0769. The third-order valence-corrected chi connectivity index (χ3v) is 2.54. The van der Waals surface area contributed by atoms with Crippen LogP contribution in [0.2, 0.25) is 5.02 Å². The van der Waals surface area contributed by atoms with Gasteiger partial charge in [0.15, 0.2) is 0 Å². The van der Waals surface area contributed by atoms with Crippen molar-refractivity contribution in [2.45, 2.75) is 6.42 Å². The van der Waals surface area contributed by atoms with Gasteiger partial charge >= 0.3 is 0 Å². The molecule has 0 atom stereocenters. The first-order valence-electron chi connectivity index (χ1n) is 5.29. The lowest BCUT2D eigenvalue weighted by Crippen LogP contribution is -2.14. The van der Waals surface area contributed by atoms with E-state index in [-0.39, 0.29) is 12.3 Å². The molecule has 0 saturated heterocycles. The maximum Gasteiger partial charge on any atom is 0.228 e. The fourth-order valence-corrected chi connectivity index (χ4v) is 1.57. The first-order chi connectivity index (χ1) is 8.63. The molecule has 1 N–H and O–H groups in total. The molecule has 2 aromatic rings. The van der Waals surface area contributed by atoms with Gasteiger partial charge in [-0.25, -0.2) is 4.98 Å². The highest BCUT2D eigenvalue weighted by Gasteiger charge is 2.04. The summed E-state index contributed by atoms with van der Waals surface area (Å²) < 4.78 is 12.6. The molecule has 0 aliphatic heterocycles. The third kappa shape index (κ3) is 3.53. The van der Waals surface area contributed by atoms with E-state index in [1.165, 1.54) is 18.3 Å². The van der Waals surface area contributed by atoms with Gasteiger partial charge in [0.2, 0.25) is 11.9 Å². The summed E-state index contributed by atoms with van der Waals surface area (Å²) in [6, 6.07) is 9.67. The number of carbonyl (C=O) groups is 1. The number of pyridine rings is 1. The lowest BCUT2D eigenvalue weighted by molar-refractivity contribution is -0.115. The third-order valence-electron chi connectivity index (χ3n) is 2.29. The van der Waals surface area contributed by atoms with Crippen LogP contribution in [0.15, 0.2) is 42.6 Å². The van der Waals surface area contributed by atoms with Crippen LogP contribution in [-0.4, -0.2) is 10.9 Å². The summed E-state index contributed by atoms with van der Waals surface area (Å²) in [5, 5.41) is 3.26. The van der Waals surface area contributed by atoms with Crippen LogP contribution >= 0.6 is 11.6 Å². The monoisotopic (exact) mass is 264 g/mol. The quantitative estimate of drug-likeness (QED) is 0.866. The standard InChI is InChI=1S/C13H10ClFN2O/c14-10-3-1-9(2-4-10)7-13(18)17-11-5-6-12(15)16-8-11/h1-6,8H,7H2,(H,17,18). The van der Waals surface area contributed by atoms with E-state index >= 15 is 0 Å². The van der Waals surface area contributed by atoms with Gasteiger partial charge in [0.05, 0.1) is 18.3 Å². The summed E-state index contributed by atoms with van der Waals surface area (Å²) in [7, 11) is 0. The van der Waals surface area contributed by atoms with E-state index in [1.807, 2.05) is 0 Å². The molecule has 18 heavy (non-hydrogen) atoms. The Labute approximate surface area is 109 Å². The van der Waals surface area contributed by atoms with Gasteiger partial charge in [0.1, 0.15) is 0 Å². The highest BCUT2D eigenvalue weighted by Crippen LogP contribution is 2.11. The topological polar surface area (TPSA) is 42.0 Å². The Morgan fingerprint density at radius 3 is 2.56 bits per heavy atom. The number of anilines is 1. The molecule has 0 unspecified atom stereocenters. The van der Waals surface area contributed by atoms with Crippen molar-refractivity contribution in [3.8, 4) is 0 Å². The minimum Gasteiger partial charge on any atom is -0.324 e. The molecule has 1 aromatic carbocycles. The molecule has 3 nitrogen and oxygen atoms in total. The number of carbonyl (C=O) groups excluding carboxylic acids is 1. The maximum absolute atomic E-state index is 12.6. The van der Waals surface area contributed by atoms with Crippen LogP contribution in [0, 0.1) is 5.95 Å². The molecule has 5 heteroatoms. The van der Waals surface area contributed by atoms with Gasteiger partial charge in [0.25, 0.3) is 0 Å². The lowest BCUT2D eigenvalue weighted by Gasteiger charge is -2.04. The summed E-state index contributed by atoms with van der Waals surface area (Å²) in [4.78, 5) is 15.1. The second kappa shape index (κ2) is 5.60. The molecule has 0 aliphatic carbocycles. The van der Waals surface area contributed by atoms with Gasteiger partial charge in [-0.2, -0.15) is 4.39 Å². The van der Waals surface area contributed by atoms with Crippen molar-refractivity contribution in [1.29, 1.82) is 0 Å². The number of amides is 1. The van der Waals surface area contributed by atoms with Gasteiger partial charge in [-0.1, -0.05) is 23.7 Å². The van der Waals surface area contributed by atoms with Crippen LogP contribution in [0.25, 0.3) is 0 Å². The van der Waals surface area contributed by atoms with Crippen LogP contribution in [0.3, 0.4) is 0 Å². The van der Waals surface area contributed by atoms with Gasteiger partial charge < -0.3 is 5.32 Å². The van der Waals surface area contributed by atoms with Crippen molar-refractivity contribution in [3.63, 3.8) is 0 Å². The smallest absolute Gasteiger partial charge is 0.228 e. The molecule has 92 valence electrons. The largest absolute Gasteiger partial charge is 0.324 e. The number of aromatic nitrogens is 1. The van der Waals surface area contributed by atoms with E-state index in [1.54, 1.807) is 24.3 Å². The number of benzene rings is 1. The Bertz CT molecular complexity index is 490. The number of hydrogen-bond donors (Lipinski definition) is 1. The van der Waals surface area contributed by atoms with Crippen LogP contribution < -0.4 is 5.32 Å². The summed E-state index contributed by atoms with van der Waals surface area (Å²) in [5.74, 6) is -0.767. The number of rotatable bonds is 3. The molecule has 0 fully saturated rings. The molecule has 2 rings (SSSR count). The molecular weight excluding hydrogens is 255 g/mol. The molecule has 0 spiro atoms. The van der Waals surface area contributed by atoms with Crippen molar-refractivity contribution < 1.29 is 9.18 Å². The van der Waals surface area contributed by atoms with Crippen molar-refractivity contribution in [2.24, 2.45) is 0 Å². The van der Waals surface area contributed by atoms with Gasteiger partial charge in [-0.3, -0.25) is 4.79 Å². The van der Waals surface area contributed by atoms with E-state index in [0.29, 0.717) is 10.7 Å². The Hall–Kier alpha value is -1.94. The summed E-state index contributed by atoms with van der Waals surface area (Å²) in [6.45, 7) is 0. The molecule has 1 aromatic heterocycles. The number of nitrogens with zero attached hydrogens (tertiary/aromatic N) is 1. The summed E-state index contributed by atoms with van der Waals surface area (Å²) in [5.41, 5.74) is 1.32. The average Bonchev–Trinajstić information content (AvgIpc) is 2.35. The summed E-state index contributed by atoms with van der Waals surface area (Å²) >= 11 is 5.75. The predicted molar refractivity (Wildman–Crippen MR) is 68.0 cm³/mol. The zero-order chi connectivity index (χ0) is 13.0. The first-order valence-corrected chi connectivity index (χ1v) is 5.67. The minimum atomic E-state index is -0.578. The maximum atomic E-state index is 12.6. The molecule has 0 bridgehead atoms. The zero-order valence-electron chi connectivity index (χ0n) is 9.36. The highest BCUT2D eigenvalue weighted by molar-refractivity contribution is 6.30. The Kier molecular flexibility index (Phi) is 3.89. The lowest BCUT2D eigenvalue weighted by atomic mass is 10.1.